The number of pyridine rings is 1. The Balaban J connectivity index is 1.96. The Morgan fingerprint density at radius 1 is 1.26 bits per heavy atom. The van der Waals surface area contributed by atoms with Crippen LogP contribution in [0.3, 0.4) is 0 Å². The number of methoxy groups -OCH3 is 1. The van der Waals surface area contributed by atoms with Crippen LogP contribution in [0.5, 0.6) is 5.75 Å². The third-order valence-electron chi connectivity index (χ3n) is 5.37. The van der Waals surface area contributed by atoms with Crippen molar-refractivity contribution in [3.63, 3.8) is 0 Å². The van der Waals surface area contributed by atoms with E-state index >= 15 is 0 Å². The van der Waals surface area contributed by atoms with Crippen LogP contribution in [-0.4, -0.2) is 40.1 Å². The maximum atomic E-state index is 14.3. The average molecular weight is 501 g/mol. The van der Waals surface area contributed by atoms with Crippen LogP contribution in [0.25, 0.3) is 0 Å². The summed E-state index contributed by atoms with van der Waals surface area (Å²) in [4.78, 5) is 28.5. The molecule has 3 rings (SSSR count). The number of anilines is 2. The molecule has 0 bridgehead atoms. The molecule has 0 aliphatic carbocycles. The minimum atomic E-state index is -4.67. The predicted molar refractivity (Wildman–Crippen MR) is 118 cm³/mol. The van der Waals surface area contributed by atoms with Crippen molar-refractivity contribution >= 4 is 35.1 Å². The standard InChI is InChI=1S/C22H20F5N3O3S/c1-4-16(31)30-15-9-11(7-8-28-15)29-20(32)19-13(10-21(2,34-19)22(25,26)27)12-5-6-14(23)17(24)18(12)33-3/h4-9,13,19H,1,10H2,2-3H3,(H2,28,29,30,31,32)/t13-,19+,21+/m0/s1. The lowest BCUT2D eigenvalue weighted by Gasteiger charge is -2.26. The van der Waals surface area contributed by atoms with Gasteiger partial charge in [-0.1, -0.05) is 12.6 Å². The first-order valence-electron chi connectivity index (χ1n) is 9.87. The number of benzene rings is 1. The molecule has 182 valence electrons. The number of aromatic nitrogens is 1. The zero-order valence-corrected chi connectivity index (χ0v) is 18.8. The summed E-state index contributed by atoms with van der Waals surface area (Å²) in [6.45, 7) is 4.27. The van der Waals surface area contributed by atoms with Crippen molar-refractivity contribution in [3.8, 4) is 5.75 Å². The van der Waals surface area contributed by atoms with E-state index < -0.39 is 57.7 Å². The Kier molecular flexibility index (Phi) is 7.20. The number of nitrogens with one attached hydrogen (secondary N) is 2. The van der Waals surface area contributed by atoms with E-state index in [0.717, 1.165) is 32.2 Å². The van der Waals surface area contributed by atoms with Crippen molar-refractivity contribution in [2.24, 2.45) is 0 Å². The smallest absolute Gasteiger partial charge is 0.403 e. The van der Waals surface area contributed by atoms with Gasteiger partial charge in [-0.05, 0) is 31.6 Å². The number of hydrogen-bond acceptors (Lipinski definition) is 5. The Labute approximate surface area is 196 Å². The highest BCUT2D eigenvalue weighted by atomic mass is 32.2. The van der Waals surface area contributed by atoms with E-state index in [1.54, 1.807) is 0 Å². The summed E-state index contributed by atoms with van der Waals surface area (Å²) in [5.74, 6) is -5.51. The van der Waals surface area contributed by atoms with Gasteiger partial charge < -0.3 is 15.4 Å². The van der Waals surface area contributed by atoms with Crippen LogP contribution in [0.2, 0.25) is 0 Å². The molecule has 1 fully saturated rings. The number of nitrogens with zero attached hydrogens (tertiary/aromatic N) is 1. The fraction of sp³-hybridized carbons (Fsp3) is 0.318. The quantitative estimate of drug-likeness (QED) is 0.428. The first-order chi connectivity index (χ1) is 15.9. The normalized spacial score (nSPS) is 22.2. The van der Waals surface area contributed by atoms with Gasteiger partial charge in [-0.25, -0.2) is 9.37 Å². The van der Waals surface area contributed by atoms with Crippen molar-refractivity contribution in [1.82, 2.24) is 4.98 Å². The van der Waals surface area contributed by atoms with Crippen molar-refractivity contribution < 1.29 is 36.3 Å². The Morgan fingerprint density at radius 3 is 2.59 bits per heavy atom. The van der Waals surface area contributed by atoms with Gasteiger partial charge in [0, 0.05) is 29.4 Å². The lowest BCUT2D eigenvalue weighted by Crippen LogP contribution is -2.37. The number of ether oxygens (including phenoxy) is 1. The highest BCUT2D eigenvalue weighted by Gasteiger charge is 2.60. The van der Waals surface area contributed by atoms with Crippen LogP contribution in [0.1, 0.15) is 24.8 Å². The van der Waals surface area contributed by atoms with Crippen molar-refractivity contribution in [1.29, 1.82) is 0 Å². The molecule has 2 aromatic rings. The topological polar surface area (TPSA) is 80.3 Å². The van der Waals surface area contributed by atoms with Crippen LogP contribution in [-0.2, 0) is 9.59 Å². The van der Waals surface area contributed by atoms with Gasteiger partial charge >= 0.3 is 6.18 Å². The van der Waals surface area contributed by atoms with Gasteiger partial charge in [-0.15, -0.1) is 11.8 Å². The number of carbonyl (C=O) groups excluding carboxylic acids is 2. The molecule has 0 spiro atoms. The van der Waals surface area contributed by atoms with E-state index in [4.69, 9.17) is 4.74 Å². The van der Waals surface area contributed by atoms with Crippen molar-refractivity contribution in [2.75, 3.05) is 17.7 Å². The summed E-state index contributed by atoms with van der Waals surface area (Å²) in [6, 6.07) is 4.61. The molecule has 34 heavy (non-hydrogen) atoms. The van der Waals surface area contributed by atoms with Gasteiger partial charge in [-0.3, -0.25) is 9.59 Å². The van der Waals surface area contributed by atoms with Crippen molar-refractivity contribution in [2.45, 2.75) is 35.4 Å². The first kappa shape index (κ1) is 25.5. The molecule has 2 N–H and O–H groups in total. The summed E-state index contributed by atoms with van der Waals surface area (Å²) in [5.41, 5.74) is 0.118. The second-order valence-corrected chi connectivity index (χ2v) is 9.32. The Morgan fingerprint density at radius 2 is 1.97 bits per heavy atom. The lowest BCUT2D eigenvalue weighted by atomic mass is 9.85. The number of carbonyl (C=O) groups is 2. The van der Waals surface area contributed by atoms with Gasteiger partial charge in [0.1, 0.15) is 10.6 Å². The average Bonchev–Trinajstić information content (AvgIpc) is 3.14. The largest absolute Gasteiger partial charge is 0.493 e. The van der Waals surface area contributed by atoms with E-state index in [1.165, 1.54) is 18.3 Å². The van der Waals surface area contributed by atoms with Crippen LogP contribution >= 0.6 is 11.8 Å². The zero-order valence-electron chi connectivity index (χ0n) is 18.0. The minimum Gasteiger partial charge on any atom is -0.493 e. The highest BCUT2D eigenvalue weighted by Crippen LogP contribution is 2.59. The number of amides is 2. The molecule has 12 heteroatoms. The molecule has 1 aliphatic heterocycles. The molecular weight excluding hydrogens is 481 g/mol. The van der Waals surface area contributed by atoms with Crippen LogP contribution in [0.4, 0.5) is 33.5 Å². The minimum absolute atomic E-state index is 0.0457. The fourth-order valence-corrected chi connectivity index (χ4v) is 5.19. The van der Waals surface area contributed by atoms with Gasteiger partial charge in [0.25, 0.3) is 0 Å². The summed E-state index contributed by atoms with van der Waals surface area (Å²) in [6.07, 6.45) is -2.93. The second kappa shape index (κ2) is 9.61. The molecule has 0 unspecified atom stereocenters. The molecule has 2 amide bonds. The summed E-state index contributed by atoms with van der Waals surface area (Å²) in [5, 5.41) is 3.60. The molecule has 1 aromatic carbocycles. The van der Waals surface area contributed by atoms with Crippen molar-refractivity contribution in [3.05, 3.63) is 60.3 Å². The zero-order chi connectivity index (χ0) is 25.3. The molecule has 2 heterocycles. The summed E-state index contributed by atoms with van der Waals surface area (Å²) >= 11 is 0.391. The van der Waals surface area contributed by atoms with Gasteiger partial charge in [-0.2, -0.15) is 17.6 Å². The van der Waals surface area contributed by atoms with E-state index in [9.17, 15) is 31.5 Å². The molecule has 1 aliphatic rings. The second-order valence-electron chi connectivity index (χ2n) is 7.67. The van der Waals surface area contributed by atoms with Gasteiger partial charge in [0.05, 0.1) is 12.4 Å². The first-order valence-corrected chi connectivity index (χ1v) is 10.7. The van der Waals surface area contributed by atoms with E-state index in [2.05, 4.69) is 22.2 Å². The Hall–Kier alpha value is -3.15. The van der Waals surface area contributed by atoms with Gasteiger partial charge in [0.15, 0.2) is 11.6 Å². The maximum absolute atomic E-state index is 14.3. The number of rotatable bonds is 6. The fourth-order valence-electron chi connectivity index (χ4n) is 3.64. The number of thioether (sulfide) groups is 1. The number of halogens is 5. The highest BCUT2D eigenvalue weighted by molar-refractivity contribution is 8.02. The van der Waals surface area contributed by atoms with Crippen LogP contribution in [0.15, 0.2) is 43.1 Å². The van der Waals surface area contributed by atoms with Crippen LogP contribution in [0, 0.1) is 11.6 Å². The van der Waals surface area contributed by atoms with E-state index in [0.29, 0.717) is 11.8 Å². The molecule has 1 aromatic heterocycles. The summed E-state index contributed by atoms with van der Waals surface area (Å²) < 4.78 is 72.2. The third kappa shape index (κ3) is 5.01. The summed E-state index contributed by atoms with van der Waals surface area (Å²) in [7, 11) is 1.07. The monoisotopic (exact) mass is 501 g/mol. The number of alkyl halides is 3. The lowest BCUT2D eigenvalue weighted by molar-refractivity contribution is -0.155. The molecular formula is C22H20F5N3O3S. The third-order valence-corrected chi connectivity index (χ3v) is 7.08. The SMILES string of the molecule is C=CC(=O)Nc1cc(NC(=O)[C@@H]2S[C@@](C)(C(F)(F)F)C[C@H]2c2ccc(F)c(F)c2OC)ccn1. The Bertz CT molecular complexity index is 1130. The molecule has 6 nitrogen and oxygen atoms in total. The number of hydrogen-bond donors (Lipinski definition) is 2. The molecule has 3 atom stereocenters. The van der Waals surface area contributed by atoms with Gasteiger partial charge in [0.2, 0.25) is 17.6 Å². The van der Waals surface area contributed by atoms with Crippen LogP contribution < -0.4 is 15.4 Å². The molecule has 1 saturated heterocycles. The van der Waals surface area contributed by atoms with E-state index in [-0.39, 0.29) is 17.1 Å². The maximum Gasteiger partial charge on any atom is 0.403 e. The molecule has 0 saturated carbocycles. The predicted octanol–water partition coefficient (Wildman–Crippen LogP) is 5.04. The van der Waals surface area contributed by atoms with E-state index in [1.807, 2.05) is 0 Å². The molecule has 0 radical (unpaired) electrons.